The third-order valence-electron chi connectivity index (χ3n) is 6.41. The van der Waals surface area contributed by atoms with E-state index in [1.165, 1.54) is 12.7 Å². The number of likely N-dealkylation sites (N-methyl/N-ethyl adjacent to an activating group) is 1. The van der Waals surface area contributed by atoms with Gasteiger partial charge in [0.2, 0.25) is 0 Å². The summed E-state index contributed by atoms with van der Waals surface area (Å²) >= 11 is 12.9. The van der Waals surface area contributed by atoms with Crippen LogP contribution in [0.2, 0.25) is 10.0 Å². The minimum absolute atomic E-state index is 0.0133. The summed E-state index contributed by atoms with van der Waals surface area (Å²) in [6.45, 7) is 6.30. The van der Waals surface area contributed by atoms with Gasteiger partial charge in [-0.15, -0.1) is 0 Å². The molecule has 2 atom stereocenters. The lowest BCUT2D eigenvalue weighted by molar-refractivity contribution is -0.144. The van der Waals surface area contributed by atoms with Gasteiger partial charge in [0, 0.05) is 37.1 Å². The molecule has 1 aliphatic rings. The van der Waals surface area contributed by atoms with Crippen molar-refractivity contribution in [2.24, 2.45) is 10.9 Å². The van der Waals surface area contributed by atoms with Gasteiger partial charge in [-0.2, -0.15) is 0 Å². The van der Waals surface area contributed by atoms with Crippen LogP contribution in [0.1, 0.15) is 30.9 Å². The molecule has 216 valence electrons. The van der Waals surface area contributed by atoms with E-state index in [1.54, 1.807) is 44.4 Å². The number of aliphatic imine (C=N–C) groups is 1. The predicted molar refractivity (Wildman–Crippen MR) is 154 cm³/mol. The number of pyridine rings is 1. The van der Waals surface area contributed by atoms with Gasteiger partial charge in [0.05, 0.1) is 61.5 Å². The van der Waals surface area contributed by atoms with Crippen molar-refractivity contribution in [1.29, 1.82) is 0 Å². The summed E-state index contributed by atoms with van der Waals surface area (Å²) in [6, 6.07) is 9.05. The average molecular weight is 593 g/mol. The molecule has 3 rings (SSSR count). The zero-order valence-electron chi connectivity index (χ0n) is 23.2. The number of nitrogens with zero attached hydrogens (tertiary/aromatic N) is 3. The molecule has 9 nitrogen and oxygen atoms in total. The maximum atomic E-state index is 13.3. The lowest BCUT2D eigenvalue weighted by atomic mass is 9.75. The molecule has 0 saturated heterocycles. The molecule has 2 aromatic rings. The van der Waals surface area contributed by atoms with Crippen molar-refractivity contribution in [2.45, 2.75) is 26.3 Å². The second-order valence-corrected chi connectivity index (χ2v) is 10.00. The second-order valence-electron chi connectivity index (χ2n) is 9.21. The molecule has 0 spiro atoms. The molecule has 40 heavy (non-hydrogen) atoms. The van der Waals surface area contributed by atoms with Crippen LogP contribution in [0.3, 0.4) is 0 Å². The van der Waals surface area contributed by atoms with E-state index in [-0.39, 0.29) is 30.4 Å². The molecular weight excluding hydrogens is 557 g/mol. The normalized spacial score (nSPS) is 17.1. The van der Waals surface area contributed by atoms with Gasteiger partial charge in [0.15, 0.2) is 0 Å². The van der Waals surface area contributed by atoms with Gasteiger partial charge < -0.3 is 18.9 Å². The highest BCUT2D eigenvalue weighted by Crippen LogP contribution is 2.44. The van der Waals surface area contributed by atoms with Crippen LogP contribution in [0.15, 0.2) is 59.0 Å². The van der Waals surface area contributed by atoms with Crippen molar-refractivity contribution in [3.05, 3.63) is 75.2 Å². The van der Waals surface area contributed by atoms with Crippen LogP contribution >= 0.6 is 23.2 Å². The Bertz CT molecular complexity index is 1220. The monoisotopic (exact) mass is 591 g/mol. The second kappa shape index (κ2) is 15.8. The van der Waals surface area contributed by atoms with E-state index < -0.39 is 23.8 Å². The maximum Gasteiger partial charge on any atom is 0.336 e. The fraction of sp³-hybridized carbons (Fsp3) is 0.448. The molecule has 1 aromatic heterocycles. The topological polar surface area (TPSA) is 99.5 Å². The Morgan fingerprint density at radius 3 is 2.48 bits per heavy atom. The Hall–Kier alpha value is -2.82. The quantitative estimate of drug-likeness (QED) is 0.230. The van der Waals surface area contributed by atoms with E-state index in [0.717, 1.165) is 13.1 Å². The number of rotatable bonds is 14. The molecule has 1 aromatic carbocycles. The molecule has 0 radical (unpaired) electrons. The highest BCUT2D eigenvalue weighted by atomic mass is 35.5. The Morgan fingerprint density at radius 2 is 1.77 bits per heavy atom. The van der Waals surface area contributed by atoms with Crippen molar-refractivity contribution < 1.29 is 28.5 Å². The van der Waals surface area contributed by atoms with Crippen LogP contribution in [-0.4, -0.2) is 81.3 Å². The number of carbonyl (C=O) groups is 2. The van der Waals surface area contributed by atoms with Crippen LogP contribution < -0.4 is 0 Å². The molecule has 0 fully saturated rings. The summed E-state index contributed by atoms with van der Waals surface area (Å²) in [7, 11) is 3.31. The maximum absolute atomic E-state index is 13.3. The number of ether oxygens (including phenoxy) is 4. The van der Waals surface area contributed by atoms with Gasteiger partial charge >= 0.3 is 11.9 Å². The Morgan fingerprint density at radius 1 is 1.05 bits per heavy atom. The first-order valence-electron chi connectivity index (χ1n) is 13.0. The number of halogens is 2. The number of esters is 2. The van der Waals surface area contributed by atoms with E-state index in [4.69, 9.17) is 42.1 Å². The summed E-state index contributed by atoms with van der Waals surface area (Å²) < 4.78 is 22.0. The van der Waals surface area contributed by atoms with Gasteiger partial charge in [-0.05, 0) is 50.2 Å². The van der Waals surface area contributed by atoms with Gasteiger partial charge in [0.25, 0.3) is 0 Å². The molecule has 1 aliphatic heterocycles. The van der Waals surface area contributed by atoms with E-state index >= 15 is 0 Å². The summed E-state index contributed by atoms with van der Waals surface area (Å²) in [5.41, 5.74) is 2.69. The highest BCUT2D eigenvalue weighted by Gasteiger charge is 2.44. The van der Waals surface area contributed by atoms with Crippen LogP contribution in [0.5, 0.6) is 0 Å². The zero-order valence-corrected chi connectivity index (χ0v) is 24.7. The number of methoxy groups -OCH3 is 1. The molecule has 2 heterocycles. The van der Waals surface area contributed by atoms with Gasteiger partial charge in [-0.3, -0.25) is 19.7 Å². The van der Waals surface area contributed by atoms with Crippen molar-refractivity contribution in [3.8, 4) is 0 Å². The molecule has 2 unspecified atom stereocenters. The fourth-order valence-electron chi connectivity index (χ4n) is 4.51. The molecule has 0 saturated carbocycles. The van der Waals surface area contributed by atoms with Crippen LogP contribution in [-0.2, 0) is 35.1 Å². The van der Waals surface area contributed by atoms with Crippen LogP contribution in [0, 0.1) is 5.92 Å². The first kappa shape index (κ1) is 31.7. The summed E-state index contributed by atoms with van der Waals surface area (Å²) in [5, 5.41) is 0.537. The Labute approximate surface area is 245 Å². The van der Waals surface area contributed by atoms with E-state index in [1.807, 2.05) is 19.2 Å². The standard InChI is InChI=1S/C29H35Cl2N3O6/c1-5-40-29(36)26-23(18-39-16-15-38-14-13-34(3)17-20-9-11-32-12-10-20)33-19(2)24(28(35)37-4)25(26)21-7-6-8-22(30)27(21)31/h6-12,24-25H,5,13-18H2,1-4H3. The largest absolute Gasteiger partial charge is 0.468 e. The van der Waals surface area contributed by atoms with Gasteiger partial charge in [-0.25, -0.2) is 4.79 Å². The van der Waals surface area contributed by atoms with Crippen LogP contribution in [0.4, 0.5) is 0 Å². The van der Waals surface area contributed by atoms with E-state index in [2.05, 4.69) is 14.9 Å². The molecule has 11 heteroatoms. The SMILES string of the molecule is CCOC(=O)C1=C(COCCOCCN(C)Cc2ccncc2)N=C(C)C(C(=O)OC)C1c1cccc(Cl)c1Cl. The Balaban J connectivity index is 1.70. The highest BCUT2D eigenvalue weighted by molar-refractivity contribution is 6.42. The molecule has 0 aliphatic carbocycles. The number of benzene rings is 1. The van der Waals surface area contributed by atoms with Crippen molar-refractivity contribution >= 4 is 40.9 Å². The first-order chi connectivity index (χ1) is 19.3. The predicted octanol–water partition coefficient (Wildman–Crippen LogP) is 4.72. The number of aromatic nitrogens is 1. The lowest BCUT2D eigenvalue weighted by Gasteiger charge is -2.32. The van der Waals surface area contributed by atoms with Gasteiger partial charge in [0.1, 0.15) is 5.92 Å². The fourth-order valence-corrected chi connectivity index (χ4v) is 4.94. The molecule has 0 N–H and O–H groups in total. The summed E-state index contributed by atoms with van der Waals surface area (Å²) in [5.74, 6) is -2.87. The molecule has 0 amide bonds. The van der Waals surface area contributed by atoms with Crippen LogP contribution in [0.25, 0.3) is 0 Å². The third kappa shape index (κ3) is 8.34. The van der Waals surface area contributed by atoms with Crippen molar-refractivity contribution in [3.63, 3.8) is 0 Å². The minimum Gasteiger partial charge on any atom is -0.468 e. The minimum atomic E-state index is -0.892. The van der Waals surface area contributed by atoms with Gasteiger partial charge in [-0.1, -0.05) is 35.3 Å². The Kier molecular flexibility index (Phi) is 12.5. The number of hydrogen-bond acceptors (Lipinski definition) is 9. The lowest BCUT2D eigenvalue weighted by Crippen LogP contribution is -2.37. The average Bonchev–Trinajstić information content (AvgIpc) is 2.94. The third-order valence-corrected chi connectivity index (χ3v) is 7.25. The summed E-state index contributed by atoms with van der Waals surface area (Å²) in [4.78, 5) is 36.9. The number of carbonyl (C=O) groups excluding carboxylic acids is 2. The van der Waals surface area contributed by atoms with E-state index in [0.29, 0.717) is 35.2 Å². The summed E-state index contributed by atoms with van der Waals surface area (Å²) in [6.07, 6.45) is 3.55. The first-order valence-corrected chi connectivity index (χ1v) is 13.7. The molecular formula is C29H35Cl2N3O6. The van der Waals surface area contributed by atoms with Crippen molar-refractivity contribution in [1.82, 2.24) is 9.88 Å². The smallest absolute Gasteiger partial charge is 0.336 e. The van der Waals surface area contributed by atoms with Crippen molar-refractivity contribution in [2.75, 3.05) is 53.7 Å². The zero-order chi connectivity index (χ0) is 29.1. The molecule has 0 bridgehead atoms. The van der Waals surface area contributed by atoms with E-state index in [9.17, 15) is 9.59 Å². The number of hydrogen-bond donors (Lipinski definition) is 0.